The monoisotopic (exact) mass is 277 g/mol. The van der Waals surface area contributed by atoms with Crippen LogP contribution in [0.1, 0.15) is 30.5 Å². The number of aryl methyl sites for hydroxylation is 1. The number of aromatic nitrogens is 1. The van der Waals surface area contributed by atoms with E-state index in [9.17, 15) is 10.1 Å². The van der Waals surface area contributed by atoms with E-state index < -0.39 is 0 Å². The maximum atomic E-state index is 11.0. The van der Waals surface area contributed by atoms with E-state index in [2.05, 4.69) is 10.3 Å². The summed E-state index contributed by atoms with van der Waals surface area (Å²) < 4.78 is 0. The summed E-state index contributed by atoms with van der Waals surface area (Å²) in [4.78, 5) is 14.9. The molecule has 1 N–H and O–H groups in total. The van der Waals surface area contributed by atoms with Gasteiger partial charge < -0.3 is 5.32 Å². The fourth-order valence-corrected chi connectivity index (χ4v) is 2.53. The number of hydrogen-bond donors (Lipinski definition) is 1. The Balaban J connectivity index is 2.21. The third kappa shape index (κ3) is 3.08. The molecule has 0 amide bonds. The number of rotatable bonds is 5. The molecule has 1 aromatic heterocycles. The fourth-order valence-electron chi connectivity index (χ4n) is 1.88. The van der Waals surface area contributed by atoms with Crippen molar-refractivity contribution in [1.29, 1.82) is 0 Å². The molecule has 6 heteroatoms. The Hall–Kier alpha value is -1.95. The van der Waals surface area contributed by atoms with Gasteiger partial charge in [0, 0.05) is 28.9 Å². The largest absolute Gasteiger partial charge is 0.376 e. The second kappa shape index (κ2) is 5.79. The molecule has 0 bridgehead atoms. The zero-order chi connectivity index (χ0) is 13.8. The van der Waals surface area contributed by atoms with Gasteiger partial charge in [-0.05, 0) is 19.4 Å². The van der Waals surface area contributed by atoms with Crippen molar-refractivity contribution in [2.24, 2.45) is 0 Å². The van der Waals surface area contributed by atoms with Crippen LogP contribution in [0.4, 0.5) is 11.4 Å². The molecule has 0 aliphatic carbocycles. The number of hydrogen-bond acceptors (Lipinski definition) is 5. The maximum absolute atomic E-state index is 11.0. The smallest absolute Gasteiger partial charge is 0.274 e. The van der Waals surface area contributed by atoms with Gasteiger partial charge in [0.1, 0.15) is 5.01 Å². The number of nitro groups is 1. The summed E-state index contributed by atoms with van der Waals surface area (Å²) in [5.41, 5.74) is 1.66. The first-order chi connectivity index (χ1) is 9.11. The van der Waals surface area contributed by atoms with Gasteiger partial charge in [0.25, 0.3) is 5.69 Å². The highest BCUT2D eigenvalue weighted by molar-refractivity contribution is 7.09. The van der Waals surface area contributed by atoms with Crippen LogP contribution in [0, 0.1) is 10.1 Å². The lowest BCUT2D eigenvalue weighted by Gasteiger charge is -2.13. The van der Waals surface area contributed by atoms with Gasteiger partial charge in [-0.3, -0.25) is 10.1 Å². The number of thiazole rings is 1. The van der Waals surface area contributed by atoms with Gasteiger partial charge >= 0.3 is 0 Å². The molecule has 1 atom stereocenters. The van der Waals surface area contributed by atoms with Crippen molar-refractivity contribution in [3.05, 3.63) is 50.5 Å². The van der Waals surface area contributed by atoms with Crippen LogP contribution in [0.25, 0.3) is 0 Å². The third-order valence-corrected chi connectivity index (χ3v) is 3.83. The predicted molar refractivity (Wildman–Crippen MR) is 76.6 cm³/mol. The molecule has 19 heavy (non-hydrogen) atoms. The summed E-state index contributed by atoms with van der Waals surface area (Å²) in [6, 6.07) is 5.29. The Morgan fingerprint density at radius 2 is 2.32 bits per heavy atom. The minimum atomic E-state index is -0.335. The lowest BCUT2D eigenvalue weighted by molar-refractivity contribution is -0.385. The molecule has 5 nitrogen and oxygen atoms in total. The molecule has 0 aliphatic heterocycles. The van der Waals surface area contributed by atoms with Gasteiger partial charge in [0.05, 0.1) is 11.0 Å². The van der Waals surface area contributed by atoms with E-state index in [0.29, 0.717) is 6.42 Å². The molecule has 2 aromatic rings. The van der Waals surface area contributed by atoms with Crippen molar-refractivity contribution < 1.29 is 4.92 Å². The van der Waals surface area contributed by atoms with Crippen molar-refractivity contribution in [3.8, 4) is 0 Å². The summed E-state index contributed by atoms with van der Waals surface area (Å²) in [5.74, 6) is 0. The molecule has 100 valence electrons. The van der Waals surface area contributed by atoms with Crippen LogP contribution in [-0.4, -0.2) is 9.91 Å². The lowest BCUT2D eigenvalue weighted by Crippen LogP contribution is -2.06. The zero-order valence-corrected chi connectivity index (χ0v) is 11.6. The van der Waals surface area contributed by atoms with Gasteiger partial charge in [-0.15, -0.1) is 11.3 Å². The second-order valence-corrected chi connectivity index (χ2v) is 5.12. The van der Waals surface area contributed by atoms with E-state index in [1.54, 1.807) is 29.7 Å². The minimum Gasteiger partial charge on any atom is -0.376 e. The minimum absolute atomic E-state index is 0.0343. The SMILES string of the molecule is CCc1ccc(NC(C)c2nccs2)cc1[N+](=O)[O-]. The average Bonchev–Trinajstić information content (AvgIpc) is 2.92. The van der Waals surface area contributed by atoms with E-state index in [1.165, 1.54) is 0 Å². The molecule has 0 aliphatic rings. The van der Waals surface area contributed by atoms with E-state index in [4.69, 9.17) is 0 Å². The summed E-state index contributed by atoms with van der Waals surface area (Å²) in [6.45, 7) is 3.89. The van der Waals surface area contributed by atoms with Crippen LogP contribution >= 0.6 is 11.3 Å². The Bertz CT molecular complexity index is 569. The zero-order valence-electron chi connectivity index (χ0n) is 10.8. The molecule has 1 heterocycles. The van der Waals surface area contributed by atoms with Crippen LogP contribution in [0.3, 0.4) is 0 Å². The average molecular weight is 277 g/mol. The fraction of sp³-hybridized carbons (Fsp3) is 0.308. The first kappa shape index (κ1) is 13.5. The van der Waals surface area contributed by atoms with Crippen molar-refractivity contribution in [2.45, 2.75) is 26.3 Å². The Morgan fingerprint density at radius 3 is 2.89 bits per heavy atom. The van der Waals surface area contributed by atoms with Crippen LogP contribution in [-0.2, 0) is 6.42 Å². The maximum Gasteiger partial charge on any atom is 0.274 e. The molecule has 1 unspecified atom stereocenters. The number of nitro benzene ring substituents is 1. The van der Waals surface area contributed by atoms with Gasteiger partial charge in [-0.2, -0.15) is 0 Å². The number of nitrogens with one attached hydrogen (secondary N) is 1. The number of nitrogens with zero attached hydrogens (tertiary/aromatic N) is 2. The molecular formula is C13H15N3O2S. The summed E-state index contributed by atoms with van der Waals surface area (Å²) in [5, 5.41) is 17.1. The van der Waals surface area contributed by atoms with E-state index in [0.717, 1.165) is 16.3 Å². The van der Waals surface area contributed by atoms with Gasteiger partial charge in [-0.1, -0.05) is 13.0 Å². The topological polar surface area (TPSA) is 68.1 Å². The highest BCUT2D eigenvalue weighted by Gasteiger charge is 2.14. The standard InChI is InChI=1S/C13H15N3O2S/c1-3-10-4-5-11(8-12(10)16(17)18)15-9(2)13-14-6-7-19-13/h4-9,15H,3H2,1-2H3. The normalized spacial score (nSPS) is 12.1. The third-order valence-electron chi connectivity index (χ3n) is 2.87. The molecule has 2 rings (SSSR count). The Morgan fingerprint density at radius 1 is 1.53 bits per heavy atom. The highest BCUT2D eigenvalue weighted by atomic mass is 32.1. The second-order valence-electron chi connectivity index (χ2n) is 4.19. The quantitative estimate of drug-likeness (QED) is 0.667. The van der Waals surface area contributed by atoms with Gasteiger partial charge in [0.2, 0.25) is 0 Å². The van der Waals surface area contributed by atoms with Crippen LogP contribution < -0.4 is 5.32 Å². The van der Waals surface area contributed by atoms with Crippen molar-refractivity contribution in [3.63, 3.8) is 0 Å². The summed E-state index contributed by atoms with van der Waals surface area (Å²) >= 11 is 1.56. The number of anilines is 1. The van der Waals surface area contributed by atoms with Crippen LogP contribution in [0.2, 0.25) is 0 Å². The molecule has 0 fully saturated rings. The Labute approximate surface area is 115 Å². The van der Waals surface area contributed by atoms with Crippen molar-refractivity contribution >= 4 is 22.7 Å². The lowest BCUT2D eigenvalue weighted by atomic mass is 10.1. The highest BCUT2D eigenvalue weighted by Crippen LogP contribution is 2.27. The molecule has 0 spiro atoms. The summed E-state index contributed by atoms with van der Waals surface area (Å²) in [6.07, 6.45) is 2.40. The van der Waals surface area contributed by atoms with Crippen LogP contribution in [0.5, 0.6) is 0 Å². The first-order valence-corrected chi connectivity index (χ1v) is 6.93. The molecule has 1 aromatic carbocycles. The molecule has 0 saturated heterocycles. The van der Waals surface area contributed by atoms with Crippen LogP contribution in [0.15, 0.2) is 29.8 Å². The van der Waals surface area contributed by atoms with E-state index >= 15 is 0 Å². The molecular weight excluding hydrogens is 262 g/mol. The van der Waals surface area contributed by atoms with E-state index in [1.807, 2.05) is 25.3 Å². The predicted octanol–water partition coefficient (Wildman–Crippen LogP) is 3.79. The van der Waals surface area contributed by atoms with Gasteiger partial charge in [0.15, 0.2) is 0 Å². The summed E-state index contributed by atoms with van der Waals surface area (Å²) in [7, 11) is 0. The van der Waals surface area contributed by atoms with Gasteiger partial charge in [-0.25, -0.2) is 4.98 Å². The first-order valence-electron chi connectivity index (χ1n) is 6.05. The number of benzene rings is 1. The van der Waals surface area contributed by atoms with Crippen molar-refractivity contribution in [2.75, 3.05) is 5.32 Å². The molecule has 0 radical (unpaired) electrons. The van der Waals surface area contributed by atoms with Crippen molar-refractivity contribution in [1.82, 2.24) is 4.98 Å². The Kier molecular flexibility index (Phi) is 4.11. The molecule has 0 saturated carbocycles. The van der Waals surface area contributed by atoms with E-state index in [-0.39, 0.29) is 16.7 Å².